The molecule has 1 atom stereocenters. The van der Waals surface area contributed by atoms with Crippen LogP contribution >= 0.6 is 0 Å². The van der Waals surface area contributed by atoms with Crippen molar-refractivity contribution in [3.05, 3.63) is 18.0 Å². The smallest absolute Gasteiger partial charge is 0.183 e. The first-order chi connectivity index (χ1) is 10.3. The Bertz CT molecular complexity index is 429. The maximum absolute atomic E-state index is 5.44. The summed E-state index contributed by atoms with van der Waals surface area (Å²) in [5.41, 5.74) is 0.914. The summed E-state index contributed by atoms with van der Waals surface area (Å²) in [7, 11) is 3.32. The standard InChI is InChI=1S/C17H28N2O2/c1-13(14-8-6-4-5-7-9-14)19-12-15-17(21-3)16(20-2)10-11-18-15/h10-11,13-14,19H,4-9,12H2,1-3H3/t13-/m1/s1. The molecule has 0 amide bonds. The van der Waals surface area contributed by atoms with Crippen molar-refractivity contribution >= 4 is 0 Å². The molecule has 4 heteroatoms. The van der Waals surface area contributed by atoms with E-state index in [0.717, 1.165) is 29.7 Å². The van der Waals surface area contributed by atoms with Crippen LogP contribution in [-0.4, -0.2) is 25.2 Å². The van der Waals surface area contributed by atoms with Crippen molar-refractivity contribution in [3.8, 4) is 11.5 Å². The van der Waals surface area contributed by atoms with Gasteiger partial charge in [-0.25, -0.2) is 0 Å². The number of methoxy groups -OCH3 is 2. The van der Waals surface area contributed by atoms with Crippen LogP contribution in [0.15, 0.2) is 12.3 Å². The monoisotopic (exact) mass is 292 g/mol. The molecule has 1 aliphatic carbocycles. The lowest BCUT2D eigenvalue weighted by Gasteiger charge is -2.24. The third-order valence-corrected chi connectivity index (χ3v) is 4.56. The highest BCUT2D eigenvalue weighted by atomic mass is 16.5. The first-order valence-electron chi connectivity index (χ1n) is 8.05. The normalized spacial score (nSPS) is 18.0. The Morgan fingerprint density at radius 1 is 1.19 bits per heavy atom. The van der Waals surface area contributed by atoms with Crippen molar-refractivity contribution in [2.45, 2.75) is 58.0 Å². The predicted octanol–water partition coefficient (Wildman–Crippen LogP) is 3.55. The fraction of sp³-hybridized carbons (Fsp3) is 0.706. The van der Waals surface area contributed by atoms with Gasteiger partial charge in [-0.15, -0.1) is 0 Å². The summed E-state index contributed by atoms with van der Waals surface area (Å²) >= 11 is 0. The summed E-state index contributed by atoms with van der Waals surface area (Å²) in [6.45, 7) is 3.01. The summed E-state index contributed by atoms with van der Waals surface area (Å²) in [6, 6.07) is 2.35. The van der Waals surface area contributed by atoms with E-state index in [1.807, 2.05) is 6.07 Å². The molecule has 1 heterocycles. The first kappa shape index (κ1) is 16.1. The lowest BCUT2D eigenvalue weighted by molar-refractivity contribution is 0.325. The number of nitrogens with one attached hydrogen (secondary N) is 1. The Hall–Kier alpha value is -1.29. The molecule has 2 rings (SSSR count). The zero-order valence-corrected chi connectivity index (χ0v) is 13.5. The maximum atomic E-state index is 5.44. The molecular weight excluding hydrogens is 264 g/mol. The molecule has 1 saturated carbocycles. The van der Waals surface area contributed by atoms with E-state index in [0.29, 0.717) is 6.04 Å². The molecule has 0 aromatic carbocycles. The minimum atomic E-state index is 0.515. The molecule has 0 radical (unpaired) electrons. The number of aromatic nitrogens is 1. The summed E-state index contributed by atoms with van der Waals surface area (Å²) in [5, 5.41) is 3.62. The van der Waals surface area contributed by atoms with E-state index in [1.165, 1.54) is 38.5 Å². The highest BCUT2D eigenvalue weighted by Gasteiger charge is 2.19. The van der Waals surface area contributed by atoms with Crippen molar-refractivity contribution < 1.29 is 9.47 Å². The van der Waals surface area contributed by atoms with Crippen molar-refractivity contribution in [2.24, 2.45) is 5.92 Å². The van der Waals surface area contributed by atoms with Gasteiger partial charge in [0, 0.05) is 24.8 Å². The Morgan fingerprint density at radius 3 is 2.52 bits per heavy atom. The molecule has 1 aromatic heterocycles. The second kappa shape index (κ2) is 8.23. The SMILES string of the molecule is COc1ccnc(CN[C@H](C)C2CCCCCC2)c1OC. The van der Waals surface area contributed by atoms with Gasteiger partial charge in [-0.3, -0.25) is 4.98 Å². The highest BCUT2D eigenvalue weighted by molar-refractivity contribution is 5.42. The maximum Gasteiger partial charge on any atom is 0.183 e. The molecule has 21 heavy (non-hydrogen) atoms. The summed E-state index contributed by atoms with van der Waals surface area (Å²) < 4.78 is 10.8. The van der Waals surface area contributed by atoms with Crippen LogP contribution in [0, 0.1) is 5.92 Å². The van der Waals surface area contributed by atoms with Crippen LogP contribution in [0.5, 0.6) is 11.5 Å². The van der Waals surface area contributed by atoms with Crippen LogP contribution in [-0.2, 0) is 6.54 Å². The fourth-order valence-corrected chi connectivity index (χ4v) is 3.21. The zero-order valence-electron chi connectivity index (χ0n) is 13.5. The number of nitrogens with zero attached hydrogens (tertiary/aromatic N) is 1. The largest absolute Gasteiger partial charge is 0.493 e. The average Bonchev–Trinajstić information content (AvgIpc) is 2.81. The second-order valence-corrected chi connectivity index (χ2v) is 5.91. The highest BCUT2D eigenvalue weighted by Crippen LogP contribution is 2.30. The fourth-order valence-electron chi connectivity index (χ4n) is 3.21. The molecule has 0 bridgehead atoms. The van der Waals surface area contributed by atoms with Crippen LogP contribution in [0.25, 0.3) is 0 Å². The minimum absolute atomic E-state index is 0.515. The van der Waals surface area contributed by atoms with Gasteiger partial charge in [-0.2, -0.15) is 0 Å². The topological polar surface area (TPSA) is 43.4 Å². The molecule has 118 valence electrons. The summed E-state index contributed by atoms with van der Waals surface area (Å²) in [4.78, 5) is 4.43. The van der Waals surface area contributed by atoms with Crippen LogP contribution in [0.1, 0.15) is 51.1 Å². The molecule has 4 nitrogen and oxygen atoms in total. The van der Waals surface area contributed by atoms with E-state index in [4.69, 9.17) is 9.47 Å². The number of pyridine rings is 1. The van der Waals surface area contributed by atoms with Crippen LogP contribution in [0.4, 0.5) is 0 Å². The minimum Gasteiger partial charge on any atom is -0.493 e. The Morgan fingerprint density at radius 2 is 1.90 bits per heavy atom. The van der Waals surface area contributed by atoms with Crippen molar-refractivity contribution in [2.75, 3.05) is 14.2 Å². The van der Waals surface area contributed by atoms with E-state index in [2.05, 4.69) is 17.2 Å². The number of hydrogen-bond donors (Lipinski definition) is 1. The Kier molecular flexibility index (Phi) is 6.30. The predicted molar refractivity (Wildman–Crippen MR) is 84.8 cm³/mol. The second-order valence-electron chi connectivity index (χ2n) is 5.91. The lowest BCUT2D eigenvalue weighted by Crippen LogP contribution is -2.33. The number of hydrogen-bond acceptors (Lipinski definition) is 4. The molecule has 0 unspecified atom stereocenters. The van der Waals surface area contributed by atoms with E-state index >= 15 is 0 Å². The molecule has 1 aliphatic rings. The van der Waals surface area contributed by atoms with Crippen molar-refractivity contribution in [1.82, 2.24) is 10.3 Å². The molecule has 0 aliphatic heterocycles. The van der Waals surface area contributed by atoms with Gasteiger partial charge in [-0.1, -0.05) is 25.7 Å². The third-order valence-electron chi connectivity index (χ3n) is 4.56. The Balaban J connectivity index is 1.95. The van der Waals surface area contributed by atoms with E-state index < -0.39 is 0 Å². The van der Waals surface area contributed by atoms with Gasteiger partial charge in [0.1, 0.15) is 0 Å². The molecular formula is C17H28N2O2. The van der Waals surface area contributed by atoms with Crippen molar-refractivity contribution in [1.29, 1.82) is 0 Å². The summed E-state index contributed by atoms with van der Waals surface area (Å²) in [6.07, 6.45) is 10.0. The zero-order chi connectivity index (χ0) is 15.1. The third kappa shape index (κ3) is 4.34. The average molecular weight is 292 g/mol. The molecule has 0 spiro atoms. The number of ether oxygens (including phenoxy) is 2. The van der Waals surface area contributed by atoms with Gasteiger partial charge < -0.3 is 14.8 Å². The van der Waals surface area contributed by atoms with Crippen LogP contribution < -0.4 is 14.8 Å². The van der Waals surface area contributed by atoms with E-state index in [9.17, 15) is 0 Å². The van der Waals surface area contributed by atoms with Gasteiger partial charge in [0.05, 0.1) is 19.9 Å². The van der Waals surface area contributed by atoms with Crippen LogP contribution in [0.3, 0.4) is 0 Å². The molecule has 1 fully saturated rings. The molecule has 0 saturated heterocycles. The van der Waals surface area contributed by atoms with Gasteiger partial charge >= 0.3 is 0 Å². The number of rotatable bonds is 6. The first-order valence-corrected chi connectivity index (χ1v) is 8.05. The lowest BCUT2D eigenvalue weighted by atomic mass is 9.93. The molecule has 1 N–H and O–H groups in total. The van der Waals surface area contributed by atoms with Gasteiger partial charge in [-0.05, 0) is 25.7 Å². The van der Waals surface area contributed by atoms with Crippen molar-refractivity contribution in [3.63, 3.8) is 0 Å². The van der Waals surface area contributed by atoms with Gasteiger partial charge in [0.25, 0.3) is 0 Å². The quantitative estimate of drug-likeness (QED) is 0.814. The Labute approximate surface area is 128 Å². The van der Waals surface area contributed by atoms with Crippen LogP contribution in [0.2, 0.25) is 0 Å². The summed E-state index contributed by atoms with van der Waals surface area (Å²) in [5.74, 6) is 2.26. The van der Waals surface area contributed by atoms with Gasteiger partial charge in [0.2, 0.25) is 0 Å². The van der Waals surface area contributed by atoms with Gasteiger partial charge in [0.15, 0.2) is 11.5 Å². The van der Waals surface area contributed by atoms with E-state index in [1.54, 1.807) is 20.4 Å². The molecule has 1 aromatic rings. The van der Waals surface area contributed by atoms with E-state index in [-0.39, 0.29) is 0 Å².